The molecule has 1 N–H and O–H groups in total. The second kappa shape index (κ2) is 9.09. The number of aromatic amines is 1. The van der Waals surface area contributed by atoms with Gasteiger partial charge in [0.15, 0.2) is 5.65 Å². The van der Waals surface area contributed by atoms with Gasteiger partial charge in [-0.05, 0) is 36.6 Å². The normalized spacial score (nSPS) is 11.0. The molecule has 1 aromatic carbocycles. The van der Waals surface area contributed by atoms with Crippen molar-refractivity contribution in [2.45, 2.75) is 19.4 Å². The van der Waals surface area contributed by atoms with Crippen LogP contribution in [-0.4, -0.2) is 63.9 Å². The maximum absolute atomic E-state index is 11.9. The highest BCUT2D eigenvalue weighted by Crippen LogP contribution is 2.24. The van der Waals surface area contributed by atoms with Crippen LogP contribution >= 0.6 is 0 Å². The van der Waals surface area contributed by atoms with Crippen LogP contribution in [0.3, 0.4) is 0 Å². The lowest BCUT2D eigenvalue weighted by Crippen LogP contribution is -2.26. The summed E-state index contributed by atoms with van der Waals surface area (Å²) in [6, 6.07) is 7.81. The van der Waals surface area contributed by atoms with Crippen molar-refractivity contribution in [3.8, 4) is 22.8 Å². The molecule has 4 aromatic rings. The highest BCUT2D eigenvalue weighted by molar-refractivity contribution is 5.79. The van der Waals surface area contributed by atoms with Gasteiger partial charge in [-0.25, -0.2) is 9.97 Å². The van der Waals surface area contributed by atoms with Crippen molar-refractivity contribution in [3.63, 3.8) is 0 Å². The average molecular weight is 435 g/mol. The fourth-order valence-electron chi connectivity index (χ4n) is 3.37. The minimum Gasteiger partial charge on any atom is -0.497 e. The molecule has 9 nitrogen and oxygen atoms in total. The summed E-state index contributed by atoms with van der Waals surface area (Å²) in [6.07, 6.45) is 6.88. The second-order valence-electron chi connectivity index (χ2n) is 7.71. The van der Waals surface area contributed by atoms with E-state index < -0.39 is 0 Å². The molecular weight excluding hydrogens is 408 g/mol. The lowest BCUT2D eigenvalue weighted by atomic mass is 10.1. The summed E-state index contributed by atoms with van der Waals surface area (Å²) < 4.78 is 12.3. The quantitative estimate of drug-likeness (QED) is 0.458. The second-order valence-corrected chi connectivity index (χ2v) is 7.71. The Morgan fingerprint density at radius 2 is 1.81 bits per heavy atom. The first-order chi connectivity index (χ1) is 15.4. The Labute approximate surface area is 186 Å². The van der Waals surface area contributed by atoms with Crippen LogP contribution in [0.5, 0.6) is 11.5 Å². The van der Waals surface area contributed by atoms with E-state index in [1.165, 1.54) is 0 Å². The number of likely N-dealkylation sites (N-methyl/N-ethyl adjacent to an activating group) is 1. The SMILES string of the molecule is COc1cc(CCc2cnc3[nH]c(-c4cnn(CC(=O)N(C)C)c4)cc3n2)cc(OC)c1. The number of hydrogen-bond acceptors (Lipinski definition) is 6. The van der Waals surface area contributed by atoms with Crippen molar-refractivity contribution in [3.05, 3.63) is 54.1 Å². The van der Waals surface area contributed by atoms with Crippen molar-refractivity contribution >= 4 is 17.1 Å². The molecule has 0 spiro atoms. The molecule has 166 valence electrons. The number of aryl methyl sites for hydroxylation is 2. The Morgan fingerprint density at radius 1 is 1.06 bits per heavy atom. The van der Waals surface area contributed by atoms with Gasteiger partial charge in [-0.3, -0.25) is 9.48 Å². The van der Waals surface area contributed by atoms with Gasteiger partial charge in [0.1, 0.15) is 23.6 Å². The fourth-order valence-corrected chi connectivity index (χ4v) is 3.37. The summed E-state index contributed by atoms with van der Waals surface area (Å²) in [5, 5.41) is 4.28. The van der Waals surface area contributed by atoms with Crippen molar-refractivity contribution in [2.24, 2.45) is 0 Å². The number of amides is 1. The predicted molar refractivity (Wildman–Crippen MR) is 121 cm³/mol. The molecule has 0 atom stereocenters. The predicted octanol–water partition coefficient (Wildman–Crippen LogP) is 2.71. The van der Waals surface area contributed by atoms with E-state index in [0.717, 1.165) is 52.4 Å². The number of carbonyl (C=O) groups excluding carboxylic acids is 1. The van der Waals surface area contributed by atoms with Crippen molar-refractivity contribution in [1.82, 2.24) is 29.6 Å². The Hall–Kier alpha value is -3.88. The van der Waals surface area contributed by atoms with Crippen LogP contribution in [0.2, 0.25) is 0 Å². The molecule has 0 aliphatic carbocycles. The zero-order chi connectivity index (χ0) is 22.7. The number of benzene rings is 1. The summed E-state index contributed by atoms with van der Waals surface area (Å²) >= 11 is 0. The van der Waals surface area contributed by atoms with Crippen molar-refractivity contribution in [2.75, 3.05) is 28.3 Å². The van der Waals surface area contributed by atoms with E-state index in [2.05, 4.69) is 15.1 Å². The van der Waals surface area contributed by atoms with E-state index in [1.54, 1.807) is 50.3 Å². The number of methoxy groups -OCH3 is 2. The van der Waals surface area contributed by atoms with E-state index in [0.29, 0.717) is 5.65 Å². The van der Waals surface area contributed by atoms with Gasteiger partial charge in [0.2, 0.25) is 5.91 Å². The first kappa shape index (κ1) is 21.4. The zero-order valence-corrected chi connectivity index (χ0v) is 18.6. The van der Waals surface area contributed by atoms with Crippen LogP contribution in [0.4, 0.5) is 0 Å². The number of nitrogens with zero attached hydrogens (tertiary/aromatic N) is 5. The van der Waals surface area contributed by atoms with Crippen LogP contribution in [0, 0.1) is 0 Å². The molecule has 32 heavy (non-hydrogen) atoms. The maximum atomic E-state index is 11.9. The van der Waals surface area contributed by atoms with Gasteiger partial charge >= 0.3 is 0 Å². The molecule has 0 saturated heterocycles. The molecular formula is C23H26N6O3. The number of aromatic nitrogens is 5. The number of hydrogen-bond donors (Lipinski definition) is 1. The largest absolute Gasteiger partial charge is 0.497 e. The first-order valence-corrected chi connectivity index (χ1v) is 10.2. The summed E-state index contributed by atoms with van der Waals surface area (Å²) in [4.78, 5) is 26.0. The van der Waals surface area contributed by atoms with Gasteiger partial charge in [0.05, 0.1) is 38.0 Å². The van der Waals surface area contributed by atoms with Gasteiger partial charge in [-0.15, -0.1) is 0 Å². The monoisotopic (exact) mass is 434 g/mol. The Balaban J connectivity index is 1.49. The Kier molecular flexibility index (Phi) is 6.07. The van der Waals surface area contributed by atoms with E-state index in [-0.39, 0.29) is 12.5 Å². The minimum atomic E-state index is -0.0158. The van der Waals surface area contributed by atoms with Crippen LogP contribution in [-0.2, 0) is 24.2 Å². The van der Waals surface area contributed by atoms with Crippen LogP contribution in [0.15, 0.2) is 42.9 Å². The number of fused-ring (bicyclic) bond motifs is 1. The molecule has 4 rings (SSSR count). The number of nitrogens with one attached hydrogen (secondary N) is 1. The standard InChI is InChI=1S/C23H26N6O3/c1-28(2)22(30)14-29-13-16(11-25-29)20-10-21-23(27-20)24-12-17(26-21)6-5-15-7-18(31-3)9-19(8-15)32-4/h7-13H,5-6,14H2,1-4H3,(H,24,27). The Bertz CT molecular complexity index is 1220. The molecule has 3 heterocycles. The third kappa shape index (κ3) is 4.72. The third-order valence-electron chi connectivity index (χ3n) is 5.20. The number of ether oxygens (including phenoxy) is 2. The highest BCUT2D eigenvalue weighted by Gasteiger charge is 2.11. The van der Waals surface area contributed by atoms with Crippen LogP contribution < -0.4 is 9.47 Å². The minimum absolute atomic E-state index is 0.0158. The summed E-state index contributed by atoms with van der Waals surface area (Å²) in [5.41, 5.74) is 5.25. The molecule has 0 unspecified atom stereocenters. The van der Waals surface area contributed by atoms with Gasteiger partial charge in [-0.2, -0.15) is 5.10 Å². The zero-order valence-electron chi connectivity index (χ0n) is 18.6. The summed E-state index contributed by atoms with van der Waals surface area (Å²) in [7, 11) is 6.74. The van der Waals surface area contributed by atoms with E-state index in [9.17, 15) is 4.79 Å². The van der Waals surface area contributed by atoms with E-state index >= 15 is 0 Å². The molecule has 0 bridgehead atoms. The van der Waals surface area contributed by atoms with Crippen LogP contribution in [0.25, 0.3) is 22.4 Å². The molecule has 9 heteroatoms. The maximum Gasteiger partial charge on any atom is 0.243 e. The molecule has 0 saturated carbocycles. The summed E-state index contributed by atoms with van der Waals surface area (Å²) in [6.45, 7) is 0.197. The number of H-pyrrole nitrogens is 1. The summed E-state index contributed by atoms with van der Waals surface area (Å²) in [5.74, 6) is 1.52. The molecule has 3 aromatic heterocycles. The lowest BCUT2D eigenvalue weighted by molar-refractivity contribution is -0.129. The number of rotatable bonds is 8. The molecule has 0 fully saturated rings. The van der Waals surface area contributed by atoms with Crippen LogP contribution in [0.1, 0.15) is 11.3 Å². The number of carbonyl (C=O) groups is 1. The van der Waals surface area contributed by atoms with Gasteiger partial charge in [-0.1, -0.05) is 0 Å². The lowest BCUT2D eigenvalue weighted by Gasteiger charge is -2.09. The van der Waals surface area contributed by atoms with Gasteiger partial charge in [0, 0.05) is 31.9 Å². The van der Waals surface area contributed by atoms with Gasteiger partial charge < -0.3 is 19.4 Å². The molecule has 0 aliphatic heterocycles. The van der Waals surface area contributed by atoms with Crippen molar-refractivity contribution in [1.29, 1.82) is 0 Å². The Morgan fingerprint density at radius 3 is 2.50 bits per heavy atom. The molecule has 0 radical (unpaired) electrons. The van der Waals surface area contributed by atoms with E-state index in [1.807, 2.05) is 30.5 Å². The molecule has 1 amide bonds. The fraction of sp³-hybridized carbons (Fsp3) is 0.304. The average Bonchev–Trinajstić information content (AvgIpc) is 3.43. The first-order valence-electron chi connectivity index (χ1n) is 10.2. The molecule has 0 aliphatic rings. The van der Waals surface area contributed by atoms with E-state index in [4.69, 9.17) is 14.5 Å². The third-order valence-corrected chi connectivity index (χ3v) is 5.20. The van der Waals surface area contributed by atoms with Gasteiger partial charge in [0.25, 0.3) is 0 Å². The topological polar surface area (TPSA) is 98.2 Å². The van der Waals surface area contributed by atoms with Crippen molar-refractivity contribution < 1.29 is 14.3 Å². The smallest absolute Gasteiger partial charge is 0.243 e. The highest BCUT2D eigenvalue weighted by atomic mass is 16.5.